The Kier molecular flexibility index (Phi) is 4.55. The molecule has 0 bridgehead atoms. The van der Waals surface area contributed by atoms with Crippen LogP contribution in [0, 0.1) is 5.82 Å². The molecule has 0 radical (unpaired) electrons. The Bertz CT molecular complexity index is 1030. The van der Waals surface area contributed by atoms with Crippen LogP contribution in [-0.4, -0.2) is 28.6 Å². The molecule has 8 nitrogen and oxygen atoms in total. The molecular weight excluding hydrogens is 377 g/mol. The van der Waals surface area contributed by atoms with Crippen molar-refractivity contribution in [3.05, 3.63) is 43.9 Å². The summed E-state index contributed by atoms with van der Waals surface area (Å²) in [6.45, 7) is -3.33. The fraction of sp³-hybridized carbons (Fsp3) is 0.273. The zero-order valence-electron chi connectivity index (χ0n) is 12.1. The van der Waals surface area contributed by atoms with E-state index in [1.807, 2.05) is 4.72 Å². The lowest BCUT2D eigenvalue weighted by molar-refractivity contribution is 0.0402. The fourth-order valence-corrected chi connectivity index (χ4v) is 2.78. The van der Waals surface area contributed by atoms with Crippen molar-refractivity contribution in [2.45, 2.75) is 6.55 Å². The second kappa shape index (κ2) is 6.02. The van der Waals surface area contributed by atoms with E-state index < -0.39 is 39.5 Å². The topological polar surface area (TPSA) is 95.1 Å². The molecule has 0 saturated heterocycles. The third-order valence-electron chi connectivity index (χ3n) is 2.94. The lowest BCUT2D eigenvalue weighted by atomic mass is 10.2. The first-order chi connectivity index (χ1) is 10.9. The number of anilines is 1. The lowest BCUT2D eigenvalue weighted by Gasteiger charge is -2.09. The van der Waals surface area contributed by atoms with Crippen molar-refractivity contribution < 1.29 is 21.6 Å². The number of aromatic nitrogens is 3. The van der Waals surface area contributed by atoms with Gasteiger partial charge in [0.1, 0.15) is 5.82 Å². The van der Waals surface area contributed by atoms with E-state index in [9.17, 15) is 31.2 Å². The molecule has 0 aliphatic rings. The van der Waals surface area contributed by atoms with Gasteiger partial charge in [-0.3, -0.25) is 4.72 Å². The summed E-state index contributed by atoms with van der Waals surface area (Å²) in [7, 11) is -2.90. The van der Waals surface area contributed by atoms with Crippen LogP contribution in [0.5, 0.6) is 0 Å². The van der Waals surface area contributed by atoms with Crippen molar-refractivity contribution >= 4 is 27.3 Å². The number of benzene rings is 1. The molecule has 2 aromatic rings. The molecule has 0 amide bonds. The molecule has 132 valence electrons. The molecule has 1 N–H and O–H groups in total. The van der Waals surface area contributed by atoms with Gasteiger partial charge >= 0.3 is 17.9 Å². The maximum Gasteiger partial charge on any atom is 0.356 e. The summed E-state index contributed by atoms with van der Waals surface area (Å²) in [6, 6.07) is 1.41. The summed E-state index contributed by atoms with van der Waals surface area (Å²) in [4.78, 5) is 24.0. The van der Waals surface area contributed by atoms with Crippen LogP contribution in [-0.2, 0) is 17.1 Å². The van der Waals surface area contributed by atoms with E-state index in [1.54, 1.807) is 0 Å². The number of halogens is 4. The van der Waals surface area contributed by atoms with Crippen LogP contribution >= 0.6 is 11.6 Å². The predicted molar refractivity (Wildman–Crippen MR) is 80.0 cm³/mol. The third kappa shape index (κ3) is 3.19. The third-order valence-corrected chi connectivity index (χ3v) is 3.84. The summed E-state index contributed by atoms with van der Waals surface area (Å²) >= 11 is 5.70. The molecule has 24 heavy (non-hydrogen) atoms. The molecule has 13 heteroatoms. The number of hydrogen-bond acceptors (Lipinski definition) is 4. The predicted octanol–water partition coefficient (Wildman–Crippen LogP) is 0.897. The molecule has 0 atom stereocenters. The average Bonchev–Trinajstić information content (AvgIpc) is 2.63. The van der Waals surface area contributed by atoms with Crippen molar-refractivity contribution in [1.82, 2.24) is 13.9 Å². The Hall–Kier alpha value is -2.21. The molecule has 1 aromatic heterocycles. The lowest BCUT2D eigenvalue weighted by Crippen LogP contribution is -2.28. The fourth-order valence-electron chi connectivity index (χ4n) is 1.96. The second-order valence-electron chi connectivity index (χ2n) is 4.70. The number of hydrogen-bond donors (Lipinski definition) is 1. The summed E-state index contributed by atoms with van der Waals surface area (Å²) in [6.07, 6.45) is 0.796. The maximum atomic E-state index is 14.1. The van der Waals surface area contributed by atoms with Gasteiger partial charge in [0.2, 0.25) is 10.0 Å². The molecule has 2 rings (SSSR count). The summed E-state index contributed by atoms with van der Waals surface area (Å²) in [5.74, 6) is -1.18. The van der Waals surface area contributed by atoms with Gasteiger partial charge in [0, 0.05) is 7.05 Å². The van der Waals surface area contributed by atoms with Gasteiger partial charge in [-0.15, -0.1) is 0 Å². The molecule has 0 aliphatic carbocycles. The highest BCUT2D eigenvalue weighted by atomic mass is 35.5. The first-order valence-corrected chi connectivity index (χ1v) is 8.37. The van der Waals surface area contributed by atoms with Crippen LogP contribution in [0.1, 0.15) is 6.55 Å². The largest absolute Gasteiger partial charge is 0.356 e. The highest BCUT2D eigenvalue weighted by Gasteiger charge is 2.23. The Morgan fingerprint density at radius 3 is 2.25 bits per heavy atom. The zero-order valence-corrected chi connectivity index (χ0v) is 13.7. The normalized spacial score (nSPS) is 12.0. The van der Waals surface area contributed by atoms with Crippen molar-refractivity contribution in [2.75, 3.05) is 11.0 Å². The number of nitrogens with one attached hydrogen (secondary N) is 1. The standard InChI is InChI=1S/C11H10ClF3N4O4S/c1-17-10(20)18(11(21)19(17)9(14)15)8-4-7(16-24(2,22)23)5(12)3-6(8)13/h3-4,9,16H,1-2H3. The molecule has 0 saturated carbocycles. The highest BCUT2D eigenvalue weighted by Crippen LogP contribution is 2.27. The Morgan fingerprint density at radius 1 is 1.21 bits per heavy atom. The number of alkyl halides is 2. The molecule has 0 aliphatic heterocycles. The van der Waals surface area contributed by atoms with Crippen LogP contribution in [0.25, 0.3) is 5.69 Å². The van der Waals surface area contributed by atoms with Gasteiger partial charge in [0.05, 0.1) is 22.7 Å². The van der Waals surface area contributed by atoms with E-state index in [1.165, 1.54) is 0 Å². The number of nitrogens with zero attached hydrogens (tertiary/aromatic N) is 3. The van der Waals surface area contributed by atoms with Crippen molar-refractivity contribution in [2.24, 2.45) is 7.05 Å². The monoisotopic (exact) mass is 386 g/mol. The minimum Gasteiger partial charge on any atom is -0.282 e. The molecule has 1 aromatic carbocycles. The van der Waals surface area contributed by atoms with Gasteiger partial charge in [0.25, 0.3) is 0 Å². The van der Waals surface area contributed by atoms with Crippen molar-refractivity contribution in [3.63, 3.8) is 0 Å². The van der Waals surface area contributed by atoms with E-state index in [0.717, 1.165) is 19.4 Å². The van der Waals surface area contributed by atoms with Crippen LogP contribution in [0.4, 0.5) is 18.9 Å². The van der Waals surface area contributed by atoms with Crippen LogP contribution in [0.3, 0.4) is 0 Å². The summed E-state index contributed by atoms with van der Waals surface area (Å²) in [5.41, 5.74) is -3.79. The van der Waals surface area contributed by atoms with E-state index in [0.29, 0.717) is 10.7 Å². The quantitative estimate of drug-likeness (QED) is 0.844. The van der Waals surface area contributed by atoms with Crippen LogP contribution in [0.15, 0.2) is 21.7 Å². The van der Waals surface area contributed by atoms with Gasteiger partial charge in [-0.25, -0.2) is 31.6 Å². The SMILES string of the molecule is Cn1c(=O)n(-c2cc(NS(C)(=O)=O)c(Cl)cc2F)c(=O)n1C(F)F. The number of sulfonamides is 1. The van der Waals surface area contributed by atoms with Gasteiger partial charge < -0.3 is 0 Å². The Balaban J connectivity index is 2.80. The molecule has 0 spiro atoms. The van der Waals surface area contributed by atoms with Crippen LogP contribution in [0.2, 0.25) is 5.02 Å². The number of rotatable bonds is 4. The average molecular weight is 387 g/mol. The summed E-state index contributed by atoms with van der Waals surface area (Å²) in [5, 5.41) is -0.347. The van der Waals surface area contributed by atoms with Gasteiger partial charge in [-0.2, -0.15) is 13.5 Å². The maximum absolute atomic E-state index is 14.1. The Morgan fingerprint density at radius 2 is 1.79 bits per heavy atom. The van der Waals surface area contributed by atoms with Crippen LogP contribution < -0.4 is 16.1 Å². The highest BCUT2D eigenvalue weighted by molar-refractivity contribution is 7.92. The minimum atomic E-state index is -3.80. The Labute approximate surface area is 137 Å². The smallest absolute Gasteiger partial charge is 0.282 e. The van der Waals surface area contributed by atoms with E-state index in [-0.39, 0.29) is 20.0 Å². The van der Waals surface area contributed by atoms with Gasteiger partial charge in [-0.1, -0.05) is 11.6 Å². The van der Waals surface area contributed by atoms with Gasteiger partial charge in [0.15, 0.2) is 0 Å². The van der Waals surface area contributed by atoms with E-state index in [2.05, 4.69) is 0 Å². The first-order valence-electron chi connectivity index (χ1n) is 6.10. The summed E-state index contributed by atoms with van der Waals surface area (Å²) < 4.78 is 64.5. The molecule has 1 heterocycles. The van der Waals surface area contributed by atoms with E-state index in [4.69, 9.17) is 11.6 Å². The van der Waals surface area contributed by atoms with Crippen molar-refractivity contribution in [1.29, 1.82) is 0 Å². The second-order valence-corrected chi connectivity index (χ2v) is 6.86. The van der Waals surface area contributed by atoms with Gasteiger partial charge in [-0.05, 0) is 12.1 Å². The molecular formula is C11H10ClF3N4O4S. The zero-order chi connectivity index (χ0) is 18.4. The van der Waals surface area contributed by atoms with E-state index >= 15 is 0 Å². The van der Waals surface area contributed by atoms with Crippen molar-refractivity contribution in [3.8, 4) is 5.69 Å². The molecule has 0 fully saturated rings. The molecule has 0 unspecified atom stereocenters. The first kappa shape index (κ1) is 18.1. The minimum absolute atomic E-state index is 0.144.